The molecule has 102 valence electrons. The van der Waals surface area contributed by atoms with Gasteiger partial charge in [-0.2, -0.15) is 8.42 Å². The Labute approximate surface area is 114 Å². The molecule has 0 saturated heterocycles. The maximum absolute atomic E-state index is 11.3. The zero-order chi connectivity index (χ0) is 13.9. The molecule has 1 N–H and O–H groups in total. The van der Waals surface area contributed by atoms with E-state index in [1.165, 1.54) is 6.07 Å². The van der Waals surface area contributed by atoms with Crippen LogP contribution in [-0.2, 0) is 16.5 Å². The van der Waals surface area contributed by atoms with Crippen LogP contribution in [-0.4, -0.2) is 18.3 Å². The molecule has 5 heteroatoms. The van der Waals surface area contributed by atoms with E-state index < -0.39 is 10.1 Å². The van der Waals surface area contributed by atoms with Gasteiger partial charge in [-0.25, -0.2) is 0 Å². The number of rotatable bonds is 5. The number of halogens is 1. The summed E-state index contributed by atoms with van der Waals surface area (Å²) in [6.07, 6.45) is 1.37. The van der Waals surface area contributed by atoms with Crippen LogP contribution in [0.25, 0.3) is 0 Å². The molecule has 0 aliphatic heterocycles. The van der Waals surface area contributed by atoms with Gasteiger partial charge in [-0.1, -0.05) is 38.0 Å². The first kappa shape index (κ1) is 15.5. The molecule has 0 saturated carbocycles. The van der Waals surface area contributed by atoms with Crippen LogP contribution in [0.4, 0.5) is 0 Å². The number of hydrogen-bond donors (Lipinski definition) is 1. The standard InChI is InChI=1S/C13H19ClO3S/c1-4-10(3)12(14)8-11-7-9(2)5-6-13(11)18(15,16)17/h5-7,10,12H,4,8H2,1-3H3,(H,15,16,17). The second kappa shape index (κ2) is 6.04. The summed E-state index contributed by atoms with van der Waals surface area (Å²) in [5.74, 6) is 0.293. The number of hydrogen-bond acceptors (Lipinski definition) is 2. The molecular weight excluding hydrogens is 272 g/mol. The molecule has 2 atom stereocenters. The van der Waals surface area contributed by atoms with Crippen molar-refractivity contribution < 1.29 is 13.0 Å². The lowest BCUT2D eigenvalue weighted by atomic mass is 9.97. The Hall–Kier alpha value is -0.580. The minimum atomic E-state index is -4.19. The summed E-state index contributed by atoms with van der Waals surface area (Å²) in [4.78, 5) is -0.0398. The van der Waals surface area contributed by atoms with Gasteiger partial charge in [0, 0.05) is 5.38 Å². The molecule has 0 aliphatic rings. The Morgan fingerprint density at radius 2 is 2.00 bits per heavy atom. The monoisotopic (exact) mass is 290 g/mol. The highest BCUT2D eigenvalue weighted by Crippen LogP contribution is 2.24. The highest BCUT2D eigenvalue weighted by molar-refractivity contribution is 7.85. The number of benzene rings is 1. The molecular formula is C13H19ClO3S. The van der Waals surface area contributed by atoms with Crippen molar-refractivity contribution in [3.05, 3.63) is 29.3 Å². The van der Waals surface area contributed by atoms with Crippen LogP contribution in [0.5, 0.6) is 0 Å². The van der Waals surface area contributed by atoms with E-state index in [9.17, 15) is 13.0 Å². The molecule has 18 heavy (non-hydrogen) atoms. The fourth-order valence-corrected chi connectivity index (χ4v) is 2.84. The van der Waals surface area contributed by atoms with E-state index in [4.69, 9.17) is 11.6 Å². The predicted molar refractivity (Wildman–Crippen MR) is 73.8 cm³/mol. The Balaban J connectivity index is 3.11. The van der Waals surface area contributed by atoms with Crippen molar-refractivity contribution in [2.24, 2.45) is 5.92 Å². The first-order valence-electron chi connectivity index (χ1n) is 5.96. The van der Waals surface area contributed by atoms with Gasteiger partial charge in [-0.3, -0.25) is 4.55 Å². The summed E-state index contributed by atoms with van der Waals surface area (Å²) in [5.41, 5.74) is 1.53. The fraction of sp³-hybridized carbons (Fsp3) is 0.538. The van der Waals surface area contributed by atoms with E-state index in [0.717, 1.165) is 12.0 Å². The molecule has 0 bridgehead atoms. The summed E-state index contributed by atoms with van der Waals surface area (Å²) in [5, 5.41) is -0.141. The van der Waals surface area contributed by atoms with Crippen molar-refractivity contribution in [3.63, 3.8) is 0 Å². The molecule has 0 aromatic heterocycles. The van der Waals surface area contributed by atoms with Crippen LogP contribution in [0.15, 0.2) is 23.1 Å². The van der Waals surface area contributed by atoms with E-state index in [2.05, 4.69) is 0 Å². The molecule has 0 radical (unpaired) electrons. The van der Waals surface area contributed by atoms with Crippen LogP contribution < -0.4 is 0 Å². The van der Waals surface area contributed by atoms with Crippen LogP contribution in [0.3, 0.4) is 0 Å². The van der Waals surface area contributed by atoms with Gasteiger partial charge < -0.3 is 0 Å². The summed E-state index contributed by atoms with van der Waals surface area (Å²) in [7, 11) is -4.19. The molecule has 0 fully saturated rings. The lowest BCUT2D eigenvalue weighted by Crippen LogP contribution is -2.16. The first-order chi connectivity index (χ1) is 8.25. The highest BCUT2D eigenvalue weighted by atomic mass is 35.5. The Morgan fingerprint density at radius 3 is 2.50 bits per heavy atom. The second-order valence-electron chi connectivity index (χ2n) is 4.69. The van der Waals surface area contributed by atoms with Gasteiger partial charge >= 0.3 is 0 Å². The third kappa shape index (κ3) is 3.97. The van der Waals surface area contributed by atoms with Crippen LogP contribution in [0.2, 0.25) is 0 Å². The van der Waals surface area contributed by atoms with E-state index in [1.54, 1.807) is 12.1 Å². The van der Waals surface area contributed by atoms with Gasteiger partial charge in [0.1, 0.15) is 0 Å². The molecule has 0 aliphatic carbocycles. The van der Waals surface area contributed by atoms with Crippen LogP contribution in [0, 0.1) is 12.8 Å². The molecule has 1 aromatic rings. The molecule has 3 nitrogen and oxygen atoms in total. The number of alkyl halides is 1. The van der Waals surface area contributed by atoms with Gasteiger partial charge in [-0.15, -0.1) is 11.6 Å². The molecule has 0 amide bonds. The van der Waals surface area contributed by atoms with Gasteiger partial charge in [0.2, 0.25) is 0 Å². The van der Waals surface area contributed by atoms with Gasteiger partial charge in [0.25, 0.3) is 10.1 Å². The summed E-state index contributed by atoms with van der Waals surface area (Å²) < 4.78 is 31.8. The molecule has 0 spiro atoms. The summed E-state index contributed by atoms with van der Waals surface area (Å²) in [6, 6.07) is 4.86. The SMILES string of the molecule is CCC(C)C(Cl)Cc1cc(C)ccc1S(=O)(=O)O. The van der Waals surface area contributed by atoms with E-state index in [-0.39, 0.29) is 10.3 Å². The van der Waals surface area contributed by atoms with Crippen molar-refractivity contribution in [1.82, 2.24) is 0 Å². The molecule has 2 unspecified atom stereocenters. The minimum absolute atomic E-state index is 0.0398. The largest absolute Gasteiger partial charge is 0.294 e. The minimum Gasteiger partial charge on any atom is -0.282 e. The summed E-state index contributed by atoms with van der Waals surface area (Å²) in [6.45, 7) is 5.95. The molecule has 1 rings (SSSR count). The number of aryl methyl sites for hydroxylation is 1. The highest BCUT2D eigenvalue weighted by Gasteiger charge is 2.20. The Morgan fingerprint density at radius 1 is 1.39 bits per heavy atom. The van der Waals surface area contributed by atoms with Crippen molar-refractivity contribution in [2.75, 3.05) is 0 Å². The van der Waals surface area contributed by atoms with Crippen molar-refractivity contribution in [3.8, 4) is 0 Å². The summed E-state index contributed by atoms with van der Waals surface area (Å²) >= 11 is 6.26. The van der Waals surface area contributed by atoms with Gasteiger partial charge in [-0.05, 0) is 30.9 Å². The van der Waals surface area contributed by atoms with E-state index in [0.29, 0.717) is 17.9 Å². The third-order valence-corrected chi connectivity index (χ3v) is 4.71. The molecule has 1 aromatic carbocycles. The Kier molecular flexibility index (Phi) is 5.20. The molecule has 0 heterocycles. The third-order valence-electron chi connectivity index (χ3n) is 3.17. The normalized spacial score (nSPS) is 15.4. The maximum Gasteiger partial charge on any atom is 0.294 e. The smallest absolute Gasteiger partial charge is 0.282 e. The Bertz CT molecular complexity index is 511. The lowest BCUT2D eigenvalue weighted by Gasteiger charge is -2.17. The first-order valence-corrected chi connectivity index (χ1v) is 7.84. The zero-order valence-electron chi connectivity index (χ0n) is 10.9. The maximum atomic E-state index is 11.3. The van der Waals surface area contributed by atoms with Crippen molar-refractivity contribution in [1.29, 1.82) is 0 Å². The van der Waals surface area contributed by atoms with Gasteiger partial charge in [0.15, 0.2) is 0 Å². The van der Waals surface area contributed by atoms with E-state index >= 15 is 0 Å². The second-order valence-corrected chi connectivity index (χ2v) is 6.64. The van der Waals surface area contributed by atoms with Crippen LogP contribution >= 0.6 is 11.6 Å². The van der Waals surface area contributed by atoms with Crippen molar-refractivity contribution in [2.45, 2.75) is 43.9 Å². The average Bonchev–Trinajstić information content (AvgIpc) is 2.26. The topological polar surface area (TPSA) is 54.4 Å². The zero-order valence-corrected chi connectivity index (χ0v) is 12.4. The van der Waals surface area contributed by atoms with Crippen LogP contribution in [0.1, 0.15) is 31.4 Å². The fourth-order valence-electron chi connectivity index (χ4n) is 1.79. The van der Waals surface area contributed by atoms with E-state index in [1.807, 2.05) is 20.8 Å². The lowest BCUT2D eigenvalue weighted by molar-refractivity contribution is 0.479. The predicted octanol–water partition coefficient (Wildman–Crippen LogP) is 3.44. The average molecular weight is 291 g/mol. The van der Waals surface area contributed by atoms with Crippen molar-refractivity contribution >= 4 is 21.7 Å². The quantitative estimate of drug-likeness (QED) is 0.667. The van der Waals surface area contributed by atoms with Gasteiger partial charge in [0.05, 0.1) is 4.90 Å².